The van der Waals surface area contributed by atoms with Gasteiger partial charge in [-0.2, -0.15) is 0 Å². The van der Waals surface area contributed by atoms with Crippen molar-refractivity contribution in [2.75, 3.05) is 26.0 Å². The second-order valence-electron chi connectivity index (χ2n) is 5.47. The van der Waals surface area contributed by atoms with Crippen molar-refractivity contribution in [3.8, 4) is 0 Å². The number of rotatable bonds is 6. The first-order chi connectivity index (χ1) is 9.90. The third kappa shape index (κ3) is 3.69. The minimum absolute atomic E-state index is 0.161. The van der Waals surface area contributed by atoms with Crippen LogP contribution >= 0.6 is 0 Å². The van der Waals surface area contributed by atoms with Crippen LogP contribution in [-0.4, -0.2) is 47.6 Å². The van der Waals surface area contributed by atoms with Crippen LogP contribution in [0.15, 0.2) is 18.2 Å². The average molecular weight is 293 g/mol. The Balaban J connectivity index is 2.16. The molecule has 0 bridgehead atoms. The standard InChI is InChI=1S/C14H19N3O4/c1-16(2)14(19)10-5-6-11(12(7-10)17(20)21)15-8-13(18)9-3-4-9/h5-7,9,13,15,18H,3-4,8H2,1-2H3. The molecule has 0 aliphatic heterocycles. The van der Waals surface area contributed by atoms with Gasteiger partial charge in [-0.15, -0.1) is 0 Å². The summed E-state index contributed by atoms with van der Waals surface area (Å²) in [7, 11) is 3.18. The summed E-state index contributed by atoms with van der Waals surface area (Å²) in [6, 6.07) is 4.31. The maximum absolute atomic E-state index is 11.8. The van der Waals surface area contributed by atoms with Crippen molar-refractivity contribution in [1.82, 2.24) is 4.90 Å². The number of nitro groups is 1. The van der Waals surface area contributed by atoms with Crippen LogP contribution in [0.25, 0.3) is 0 Å². The van der Waals surface area contributed by atoms with Crippen LogP contribution in [0.1, 0.15) is 23.2 Å². The molecule has 0 aromatic heterocycles. The van der Waals surface area contributed by atoms with Crippen molar-refractivity contribution in [3.05, 3.63) is 33.9 Å². The maximum Gasteiger partial charge on any atom is 0.293 e. The van der Waals surface area contributed by atoms with Gasteiger partial charge in [-0.25, -0.2) is 0 Å². The summed E-state index contributed by atoms with van der Waals surface area (Å²) >= 11 is 0. The van der Waals surface area contributed by atoms with E-state index >= 15 is 0 Å². The highest BCUT2D eigenvalue weighted by molar-refractivity contribution is 5.95. The number of hydrogen-bond acceptors (Lipinski definition) is 5. The van der Waals surface area contributed by atoms with Gasteiger partial charge in [-0.3, -0.25) is 14.9 Å². The quantitative estimate of drug-likeness (QED) is 0.612. The number of nitrogens with zero attached hydrogens (tertiary/aromatic N) is 2. The molecule has 0 saturated heterocycles. The Morgan fingerprint density at radius 3 is 2.71 bits per heavy atom. The van der Waals surface area contributed by atoms with Crippen LogP contribution in [0.4, 0.5) is 11.4 Å². The molecule has 0 heterocycles. The molecule has 1 saturated carbocycles. The number of carbonyl (C=O) groups excluding carboxylic acids is 1. The molecule has 1 amide bonds. The van der Waals surface area contributed by atoms with Gasteiger partial charge in [0.15, 0.2) is 0 Å². The fourth-order valence-electron chi connectivity index (χ4n) is 2.09. The number of nitrogens with one attached hydrogen (secondary N) is 1. The molecule has 21 heavy (non-hydrogen) atoms. The van der Waals surface area contributed by atoms with Crippen molar-refractivity contribution >= 4 is 17.3 Å². The van der Waals surface area contributed by atoms with Crippen LogP contribution in [0.3, 0.4) is 0 Å². The third-order valence-corrected chi connectivity index (χ3v) is 3.52. The van der Waals surface area contributed by atoms with Crippen molar-refractivity contribution < 1.29 is 14.8 Å². The second kappa shape index (κ2) is 6.09. The lowest BCUT2D eigenvalue weighted by Crippen LogP contribution is -2.23. The van der Waals surface area contributed by atoms with Crippen LogP contribution in [-0.2, 0) is 0 Å². The molecular weight excluding hydrogens is 274 g/mol. The van der Waals surface area contributed by atoms with Crippen LogP contribution < -0.4 is 5.32 Å². The fraction of sp³-hybridized carbons (Fsp3) is 0.500. The highest BCUT2D eigenvalue weighted by Crippen LogP contribution is 2.33. The van der Waals surface area contributed by atoms with Crippen LogP contribution in [0.5, 0.6) is 0 Å². The van der Waals surface area contributed by atoms with Gasteiger partial charge in [0.25, 0.3) is 11.6 Å². The minimum atomic E-state index is -0.529. The van der Waals surface area contributed by atoms with E-state index in [0.29, 0.717) is 11.6 Å². The van der Waals surface area contributed by atoms with Crippen LogP contribution in [0, 0.1) is 16.0 Å². The first-order valence-corrected chi connectivity index (χ1v) is 6.82. The van der Waals surface area contributed by atoms with E-state index in [1.807, 2.05) is 0 Å². The van der Waals surface area contributed by atoms with Gasteiger partial charge in [0.05, 0.1) is 11.0 Å². The number of benzene rings is 1. The Bertz CT molecular complexity index is 555. The fourth-order valence-corrected chi connectivity index (χ4v) is 2.09. The zero-order chi connectivity index (χ0) is 15.6. The highest BCUT2D eigenvalue weighted by atomic mass is 16.6. The van der Waals surface area contributed by atoms with Gasteiger partial charge in [0.2, 0.25) is 0 Å². The Labute approximate surface area is 122 Å². The van der Waals surface area contributed by atoms with E-state index in [1.54, 1.807) is 20.2 Å². The van der Waals surface area contributed by atoms with Crippen molar-refractivity contribution in [2.45, 2.75) is 18.9 Å². The molecule has 1 aliphatic rings. The minimum Gasteiger partial charge on any atom is -0.391 e. The summed E-state index contributed by atoms with van der Waals surface area (Å²) < 4.78 is 0. The lowest BCUT2D eigenvalue weighted by Gasteiger charge is -2.14. The molecule has 1 aliphatic carbocycles. The summed E-state index contributed by atoms with van der Waals surface area (Å²) in [6.07, 6.45) is 1.51. The highest BCUT2D eigenvalue weighted by Gasteiger charge is 2.30. The van der Waals surface area contributed by atoms with E-state index in [4.69, 9.17) is 0 Å². The summed E-state index contributed by atoms with van der Waals surface area (Å²) in [6.45, 7) is 0.270. The molecule has 7 nitrogen and oxygen atoms in total. The van der Waals surface area contributed by atoms with Gasteiger partial charge < -0.3 is 15.3 Å². The Kier molecular flexibility index (Phi) is 4.42. The van der Waals surface area contributed by atoms with Crippen molar-refractivity contribution in [3.63, 3.8) is 0 Å². The van der Waals surface area contributed by atoms with E-state index in [0.717, 1.165) is 12.8 Å². The predicted molar refractivity (Wildman–Crippen MR) is 78.3 cm³/mol. The lowest BCUT2D eigenvalue weighted by molar-refractivity contribution is -0.384. The van der Waals surface area contributed by atoms with Gasteiger partial charge in [-0.1, -0.05) is 0 Å². The molecule has 1 unspecified atom stereocenters. The number of aliphatic hydroxyl groups is 1. The number of nitro benzene ring substituents is 1. The van der Waals surface area contributed by atoms with E-state index in [-0.39, 0.29) is 23.7 Å². The van der Waals surface area contributed by atoms with E-state index in [9.17, 15) is 20.0 Å². The molecular formula is C14H19N3O4. The molecule has 7 heteroatoms. The maximum atomic E-state index is 11.8. The molecule has 0 spiro atoms. The number of hydrogen-bond donors (Lipinski definition) is 2. The summed E-state index contributed by atoms with van der Waals surface area (Å²) in [5.74, 6) is 0.00816. The molecule has 1 atom stereocenters. The summed E-state index contributed by atoms with van der Waals surface area (Å²) in [5, 5.41) is 23.8. The van der Waals surface area contributed by atoms with Crippen molar-refractivity contribution in [1.29, 1.82) is 0 Å². The monoisotopic (exact) mass is 293 g/mol. The SMILES string of the molecule is CN(C)C(=O)c1ccc(NCC(O)C2CC2)c([N+](=O)[O-])c1. The first-order valence-electron chi connectivity index (χ1n) is 6.82. The number of anilines is 1. The number of aliphatic hydroxyl groups excluding tert-OH is 1. The van der Waals surface area contributed by atoms with Gasteiger partial charge >= 0.3 is 0 Å². The van der Waals surface area contributed by atoms with Gasteiger partial charge in [-0.05, 0) is 30.9 Å². The Hall–Kier alpha value is -2.15. The molecule has 1 aromatic rings. The van der Waals surface area contributed by atoms with E-state index in [2.05, 4.69) is 5.32 Å². The second-order valence-corrected chi connectivity index (χ2v) is 5.47. The smallest absolute Gasteiger partial charge is 0.293 e. The Morgan fingerprint density at radius 2 is 2.19 bits per heavy atom. The summed E-state index contributed by atoms with van der Waals surface area (Å²) in [5.41, 5.74) is 0.417. The zero-order valence-corrected chi connectivity index (χ0v) is 12.1. The topological polar surface area (TPSA) is 95.7 Å². The Morgan fingerprint density at radius 1 is 1.52 bits per heavy atom. The molecule has 114 valence electrons. The molecule has 1 fully saturated rings. The summed E-state index contributed by atoms with van der Waals surface area (Å²) in [4.78, 5) is 23.8. The van der Waals surface area contributed by atoms with E-state index in [1.165, 1.54) is 17.0 Å². The largest absolute Gasteiger partial charge is 0.391 e. The van der Waals surface area contributed by atoms with Crippen molar-refractivity contribution in [2.24, 2.45) is 5.92 Å². The molecule has 1 aromatic carbocycles. The number of amides is 1. The van der Waals surface area contributed by atoms with E-state index < -0.39 is 11.0 Å². The van der Waals surface area contributed by atoms with Gasteiger partial charge in [0, 0.05) is 32.3 Å². The normalized spacial score (nSPS) is 15.4. The number of carbonyl (C=O) groups is 1. The average Bonchev–Trinajstić information content (AvgIpc) is 3.28. The first kappa shape index (κ1) is 15.2. The van der Waals surface area contributed by atoms with Gasteiger partial charge in [0.1, 0.15) is 5.69 Å². The predicted octanol–water partition coefficient (Wildman–Crippen LogP) is 1.48. The molecule has 0 radical (unpaired) electrons. The zero-order valence-electron chi connectivity index (χ0n) is 12.1. The lowest BCUT2D eigenvalue weighted by atomic mass is 10.1. The van der Waals surface area contributed by atoms with Crippen LogP contribution in [0.2, 0.25) is 0 Å². The third-order valence-electron chi connectivity index (χ3n) is 3.52. The molecule has 2 N–H and O–H groups in total. The molecule has 2 rings (SSSR count).